The summed E-state index contributed by atoms with van der Waals surface area (Å²) < 4.78 is 50.9. The summed E-state index contributed by atoms with van der Waals surface area (Å²) in [5.74, 6) is -0.294. The summed E-state index contributed by atoms with van der Waals surface area (Å²) in [5, 5.41) is 0. The van der Waals surface area contributed by atoms with Gasteiger partial charge in [0.2, 0.25) is 5.91 Å². The molecule has 2 aromatic rings. The second-order valence-corrected chi connectivity index (χ2v) is 6.66. The molecule has 1 fully saturated rings. The molecular weight excluding hydrogens is 360 g/mol. The predicted molar refractivity (Wildman–Crippen MR) is 93.2 cm³/mol. The number of benzene rings is 2. The minimum atomic E-state index is -4.34. The Labute approximate surface area is 155 Å². The maximum absolute atomic E-state index is 13.0. The lowest BCUT2D eigenvalue weighted by atomic mass is 10.1. The summed E-state index contributed by atoms with van der Waals surface area (Å²) >= 11 is 0. The van der Waals surface area contributed by atoms with Crippen LogP contribution in [0.5, 0.6) is 0 Å². The number of carbonyl (C=O) groups is 1. The largest absolute Gasteiger partial charge is 0.416 e. The molecule has 27 heavy (non-hydrogen) atoms. The highest BCUT2D eigenvalue weighted by atomic mass is 19.4. The monoisotopic (exact) mass is 380 g/mol. The van der Waals surface area contributed by atoms with Crippen molar-refractivity contribution in [3.63, 3.8) is 0 Å². The van der Waals surface area contributed by atoms with Crippen LogP contribution in [0.25, 0.3) is 0 Å². The Kier molecular flexibility index (Phi) is 5.79. The van der Waals surface area contributed by atoms with Gasteiger partial charge in [-0.05, 0) is 35.4 Å². The number of halogens is 4. The molecule has 1 heterocycles. The maximum Gasteiger partial charge on any atom is 0.416 e. The molecule has 1 aliphatic heterocycles. The Morgan fingerprint density at radius 3 is 2.04 bits per heavy atom. The van der Waals surface area contributed by atoms with Crippen LogP contribution >= 0.6 is 0 Å². The molecule has 0 aromatic heterocycles. The van der Waals surface area contributed by atoms with E-state index in [9.17, 15) is 22.4 Å². The molecule has 0 saturated carbocycles. The molecule has 1 amide bonds. The predicted octanol–water partition coefficient (Wildman–Crippen LogP) is 4.08. The summed E-state index contributed by atoms with van der Waals surface area (Å²) in [5.41, 5.74) is 0.978. The molecule has 1 aliphatic rings. The van der Waals surface area contributed by atoms with Crippen molar-refractivity contribution in [1.82, 2.24) is 9.80 Å². The highest BCUT2D eigenvalue weighted by Crippen LogP contribution is 2.29. The number of amides is 1. The van der Waals surface area contributed by atoms with E-state index in [2.05, 4.69) is 4.90 Å². The first-order chi connectivity index (χ1) is 12.8. The lowest BCUT2D eigenvalue weighted by Gasteiger charge is -2.22. The van der Waals surface area contributed by atoms with Crippen LogP contribution in [0.2, 0.25) is 0 Å². The van der Waals surface area contributed by atoms with Gasteiger partial charge in [-0.3, -0.25) is 9.69 Å². The minimum absolute atomic E-state index is 0.0224. The fourth-order valence-corrected chi connectivity index (χ4v) is 3.10. The van der Waals surface area contributed by atoms with Crippen LogP contribution in [0.3, 0.4) is 0 Å². The molecule has 3 rings (SSSR count). The average molecular weight is 380 g/mol. The van der Waals surface area contributed by atoms with E-state index in [4.69, 9.17) is 0 Å². The first kappa shape index (κ1) is 19.4. The van der Waals surface area contributed by atoms with Gasteiger partial charge in [0.15, 0.2) is 0 Å². The van der Waals surface area contributed by atoms with Crippen LogP contribution in [0.1, 0.15) is 23.1 Å². The Morgan fingerprint density at radius 1 is 0.815 bits per heavy atom. The van der Waals surface area contributed by atoms with Gasteiger partial charge in [-0.25, -0.2) is 4.39 Å². The summed E-state index contributed by atoms with van der Waals surface area (Å²) in [6.45, 7) is 2.63. The van der Waals surface area contributed by atoms with Crippen molar-refractivity contribution in [1.29, 1.82) is 0 Å². The quantitative estimate of drug-likeness (QED) is 0.747. The van der Waals surface area contributed by atoms with E-state index in [1.165, 1.54) is 24.3 Å². The first-order valence-electron chi connectivity index (χ1n) is 8.72. The van der Waals surface area contributed by atoms with Crippen LogP contribution in [-0.2, 0) is 24.1 Å². The lowest BCUT2D eigenvalue weighted by Crippen LogP contribution is -2.32. The smallest absolute Gasteiger partial charge is 0.337 e. The normalized spacial score (nSPS) is 16.4. The number of alkyl halides is 3. The lowest BCUT2D eigenvalue weighted by molar-refractivity contribution is -0.137. The van der Waals surface area contributed by atoms with Crippen molar-refractivity contribution < 1.29 is 22.4 Å². The summed E-state index contributed by atoms with van der Waals surface area (Å²) in [6, 6.07) is 11.2. The molecule has 0 N–H and O–H groups in total. The molecule has 1 saturated heterocycles. The van der Waals surface area contributed by atoms with Gasteiger partial charge in [0, 0.05) is 39.1 Å². The molecular formula is C20H20F4N2O. The summed E-state index contributed by atoms with van der Waals surface area (Å²) in [4.78, 5) is 16.1. The van der Waals surface area contributed by atoms with Crippen molar-refractivity contribution in [2.75, 3.05) is 19.6 Å². The highest BCUT2D eigenvalue weighted by molar-refractivity contribution is 5.76. The van der Waals surface area contributed by atoms with Gasteiger partial charge in [0.1, 0.15) is 5.82 Å². The Morgan fingerprint density at radius 2 is 1.41 bits per heavy atom. The van der Waals surface area contributed by atoms with E-state index in [-0.39, 0.29) is 11.7 Å². The molecule has 0 bridgehead atoms. The fraction of sp³-hybridized carbons (Fsp3) is 0.350. The van der Waals surface area contributed by atoms with Crippen molar-refractivity contribution in [3.8, 4) is 0 Å². The molecule has 144 valence electrons. The first-order valence-corrected chi connectivity index (χ1v) is 8.72. The van der Waals surface area contributed by atoms with E-state index >= 15 is 0 Å². The SMILES string of the molecule is O=C1CCN(Cc2ccc(C(F)(F)F)cc2)CCN1Cc1ccc(F)cc1. The van der Waals surface area contributed by atoms with E-state index in [1.807, 2.05) is 0 Å². The number of hydrogen-bond donors (Lipinski definition) is 0. The topological polar surface area (TPSA) is 23.6 Å². The van der Waals surface area contributed by atoms with Crippen LogP contribution in [0.4, 0.5) is 17.6 Å². The third-order valence-electron chi connectivity index (χ3n) is 4.65. The molecule has 7 heteroatoms. The third-order valence-corrected chi connectivity index (χ3v) is 4.65. The van der Waals surface area contributed by atoms with Crippen LogP contribution in [-0.4, -0.2) is 35.3 Å². The van der Waals surface area contributed by atoms with Gasteiger partial charge in [-0.15, -0.1) is 0 Å². The number of carbonyl (C=O) groups excluding carboxylic acids is 1. The third kappa shape index (κ3) is 5.29. The molecule has 0 atom stereocenters. The summed E-state index contributed by atoms with van der Waals surface area (Å²) in [7, 11) is 0. The van der Waals surface area contributed by atoms with Gasteiger partial charge in [-0.2, -0.15) is 13.2 Å². The van der Waals surface area contributed by atoms with Crippen molar-refractivity contribution >= 4 is 5.91 Å². The fourth-order valence-electron chi connectivity index (χ4n) is 3.10. The van der Waals surface area contributed by atoms with Crippen molar-refractivity contribution in [2.24, 2.45) is 0 Å². The average Bonchev–Trinajstić information content (AvgIpc) is 2.79. The number of hydrogen-bond acceptors (Lipinski definition) is 2. The van der Waals surface area contributed by atoms with Crippen molar-refractivity contribution in [2.45, 2.75) is 25.7 Å². The zero-order valence-electron chi connectivity index (χ0n) is 14.7. The number of rotatable bonds is 4. The van der Waals surface area contributed by atoms with Crippen molar-refractivity contribution in [3.05, 3.63) is 71.0 Å². The second-order valence-electron chi connectivity index (χ2n) is 6.66. The van der Waals surface area contributed by atoms with Gasteiger partial charge in [0.05, 0.1) is 5.56 Å². The van der Waals surface area contributed by atoms with E-state index in [0.717, 1.165) is 23.3 Å². The Hall–Kier alpha value is -2.41. The van der Waals surface area contributed by atoms with Crippen LogP contribution in [0, 0.1) is 5.82 Å². The second kappa shape index (κ2) is 8.08. The van der Waals surface area contributed by atoms with Gasteiger partial charge < -0.3 is 4.90 Å². The highest BCUT2D eigenvalue weighted by Gasteiger charge is 2.30. The molecule has 0 spiro atoms. The minimum Gasteiger partial charge on any atom is -0.337 e. The molecule has 0 radical (unpaired) electrons. The van der Waals surface area contributed by atoms with Crippen LogP contribution < -0.4 is 0 Å². The maximum atomic E-state index is 13.0. The van der Waals surface area contributed by atoms with E-state index < -0.39 is 11.7 Å². The van der Waals surface area contributed by atoms with Gasteiger partial charge in [0.25, 0.3) is 0 Å². The number of nitrogens with zero attached hydrogens (tertiary/aromatic N) is 2. The van der Waals surface area contributed by atoms with Gasteiger partial charge in [-0.1, -0.05) is 24.3 Å². The Bertz CT molecular complexity index is 772. The zero-order valence-corrected chi connectivity index (χ0v) is 14.7. The van der Waals surface area contributed by atoms with E-state index in [0.29, 0.717) is 39.1 Å². The molecule has 3 nitrogen and oxygen atoms in total. The molecule has 0 unspecified atom stereocenters. The van der Waals surface area contributed by atoms with Crippen LogP contribution in [0.15, 0.2) is 48.5 Å². The molecule has 2 aromatic carbocycles. The van der Waals surface area contributed by atoms with Gasteiger partial charge >= 0.3 is 6.18 Å². The Balaban J connectivity index is 1.58. The summed E-state index contributed by atoms with van der Waals surface area (Å²) in [6.07, 6.45) is -3.99. The zero-order chi connectivity index (χ0) is 19.4. The van der Waals surface area contributed by atoms with E-state index in [1.54, 1.807) is 17.0 Å². The standard InChI is InChI=1S/C20H20F4N2O/c21-18-7-3-16(4-8-18)14-26-12-11-25(10-9-19(26)27)13-15-1-5-17(6-2-15)20(22,23)24/h1-8H,9-14H2. The molecule has 0 aliphatic carbocycles.